The molecule has 2 atom stereocenters. The van der Waals surface area contributed by atoms with Crippen LogP contribution in [0.3, 0.4) is 0 Å². The lowest BCUT2D eigenvalue weighted by molar-refractivity contribution is -0.144. The largest absolute Gasteiger partial charge is 0.480 e. The normalized spacial score (nSPS) is 29.9. The van der Waals surface area contributed by atoms with Gasteiger partial charge in [0.05, 0.1) is 0 Å². The summed E-state index contributed by atoms with van der Waals surface area (Å²) in [7, 11) is 2.07. The highest BCUT2D eigenvalue weighted by molar-refractivity contribution is 5.86. The summed E-state index contributed by atoms with van der Waals surface area (Å²) in [4.78, 5) is 25.8. The Kier molecular flexibility index (Phi) is 4.52. The van der Waals surface area contributed by atoms with Gasteiger partial charge in [-0.05, 0) is 38.8 Å². The van der Waals surface area contributed by atoms with E-state index >= 15 is 0 Å². The van der Waals surface area contributed by atoms with Gasteiger partial charge in [-0.1, -0.05) is 19.8 Å². The summed E-state index contributed by atoms with van der Waals surface area (Å²) in [5, 5.41) is 15.0. The molecule has 0 radical (unpaired) electrons. The molecule has 0 bridgehead atoms. The molecule has 2 aliphatic rings. The summed E-state index contributed by atoms with van der Waals surface area (Å²) in [5.74, 6) is -0.537. The first-order valence-electron chi connectivity index (χ1n) is 7.43. The van der Waals surface area contributed by atoms with E-state index in [9.17, 15) is 14.7 Å². The van der Waals surface area contributed by atoms with Crippen molar-refractivity contribution in [3.05, 3.63) is 0 Å². The molecule has 0 aromatic rings. The SMILES string of the molecule is CC1CN(C)CCC1NC(=O)NC1(C(=O)O)CCCC1. The molecule has 1 saturated carbocycles. The zero-order chi connectivity index (χ0) is 14.8. The minimum absolute atomic E-state index is 0.124. The number of rotatable bonds is 3. The average Bonchev–Trinajstić information content (AvgIpc) is 2.82. The van der Waals surface area contributed by atoms with Crippen LogP contribution in [0.25, 0.3) is 0 Å². The van der Waals surface area contributed by atoms with Crippen molar-refractivity contribution in [3.63, 3.8) is 0 Å². The number of nitrogens with zero attached hydrogens (tertiary/aromatic N) is 1. The smallest absolute Gasteiger partial charge is 0.329 e. The van der Waals surface area contributed by atoms with Crippen molar-refractivity contribution < 1.29 is 14.7 Å². The number of urea groups is 1. The number of hydrogen-bond donors (Lipinski definition) is 3. The first-order valence-corrected chi connectivity index (χ1v) is 7.43. The third-order valence-electron chi connectivity index (χ3n) is 4.64. The number of carbonyl (C=O) groups excluding carboxylic acids is 1. The van der Waals surface area contributed by atoms with Crippen LogP contribution in [0.1, 0.15) is 39.0 Å². The van der Waals surface area contributed by atoms with E-state index in [1.807, 2.05) is 0 Å². The van der Waals surface area contributed by atoms with E-state index in [1.54, 1.807) is 0 Å². The third kappa shape index (κ3) is 3.23. The summed E-state index contributed by atoms with van der Waals surface area (Å²) in [6, 6.07) is -0.214. The molecular formula is C14H25N3O3. The van der Waals surface area contributed by atoms with E-state index in [0.717, 1.165) is 32.4 Å². The second-order valence-electron chi connectivity index (χ2n) is 6.33. The molecule has 0 aromatic heterocycles. The molecule has 1 heterocycles. The minimum atomic E-state index is -1.06. The molecule has 6 nitrogen and oxygen atoms in total. The third-order valence-corrected chi connectivity index (χ3v) is 4.64. The molecule has 1 aliphatic heterocycles. The number of carbonyl (C=O) groups is 2. The first kappa shape index (κ1) is 15.1. The van der Waals surface area contributed by atoms with Crippen molar-refractivity contribution in [1.82, 2.24) is 15.5 Å². The van der Waals surface area contributed by atoms with Gasteiger partial charge in [0.15, 0.2) is 0 Å². The second-order valence-corrected chi connectivity index (χ2v) is 6.33. The maximum Gasteiger partial charge on any atom is 0.329 e. The van der Waals surface area contributed by atoms with Crippen LogP contribution < -0.4 is 10.6 Å². The second kappa shape index (κ2) is 5.99. The van der Waals surface area contributed by atoms with Crippen LogP contribution in [0, 0.1) is 5.92 Å². The van der Waals surface area contributed by atoms with Gasteiger partial charge < -0.3 is 20.6 Å². The fraction of sp³-hybridized carbons (Fsp3) is 0.857. The van der Waals surface area contributed by atoms with Crippen LogP contribution in [-0.4, -0.2) is 53.7 Å². The van der Waals surface area contributed by atoms with Gasteiger partial charge >= 0.3 is 12.0 Å². The summed E-state index contributed by atoms with van der Waals surface area (Å²) in [6.45, 7) is 4.03. The number of carboxylic acid groups (broad SMARTS) is 1. The number of likely N-dealkylation sites (tertiary alicyclic amines) is 1. The molecule has 3 N–H and O–H groups in total. The van der Waals surface area contributed by atoms with Crippen LogP contribution in [0.15, 0.2) is 0 Å². The molecule has 0 spiro atoms. The molecule has 6 heteroatoms. The molecular weight excluding hydrogens is 258 g/mol. The molecule has 20 heavy (non-hydrogen) atoms. The van der Waals surface area contributed by atoms with Crippen LogP contribution in [0.2, 0.25) is 0 Å². The summed E-state index contributed by atoms with van der Waals surface area (Å²) < 4.78 is 0. The number of hydrogen-bond acceptors (Lipinski definition) is 3. The molecule has 2 unspecified atom stereocenters. The van der Waals surface area contributed by atoms with Gasteiger partial charge in [-0.15, -0.1) is 0 Å². The van der Waals surface area contributed by atoms with Gasteiger partial charge in [0.1, 0.15) is 5.54 Å². The Morgan fingerprint density at radius 1 is 1.30 bits per heavy atom. The molecule has 2 fully saturated rings. The van der Waals surface area contributed by atoms with Crippen molar-refractivity contribution in [2.75, 3.05) is 20.1 Å². The molecule has 0 aromatic carbocycles. The molecule has 2 amide bonds. The quantitative estimate of drug-likeness (QED) is 0.722. The molecule has 1 saturated heterocycles. The van der Waals surface area contributed by atoms with Gasteiger partial charge in [0.25, 0.3) is 0 Å². The van der Waals surface area contributed by atoms with Gasteiger partial charge in [0.2, 0.25) is 0 Å². The standard InChI is InChI=1S/C14H25N3O3/c1-10-9-17(2)8-5-11(10)15-13(20)16-14(12(18)19)6-3-4-7-14/h10-11H,3-9H2,1-2H3,(H,18,19)(H2,15,16,20). The van der Waals surface area contributed by atoms with Crippen molar-refractivity contribution in [3.8, 4) is 0 Å². The van der Waals surface area contributed by atoms with Gasteiger partial charge in [-0.25, -0.2) is 9.59 Å². The van der Waals surface area contributed by atoms with Crippen LogP contribution >= 0.6 is 0 Å². The highest BCUT2D eigenvalue weighted by Gasteiger charge is 2.43. The lowest BCUT2D eigenvalue weighted by Crippen LogP contribution is -2.59. The molecule has 1 aliphatic carbocycles. The lowest BCUT2D eigenvalue weighted by atomic mass is 9.94. The predicted molar refractivity (Wildman–Crippen MR) is 75.6 cm³/mol. The molecule has 114 valence electrons. The zero-order valence-corrected chi connectivity index (χ0v) is 12.3. The predicted octanol–water partition coefficient (Wildman–Crippen LogP) is 1.02. The number of nitrogens with one attached hydrogen (secondary N) is 2. The van der Waals surface area contributed by atoms with E-state index in [4.69, 9.17) is 0 Å². The number of aliphatic carboxylic acids is 1. The lowest BCUT2D eigenvalue weighted by Gasteiger charge is -2.36. The van der Waals surface area contributed by atoms with Crippen molar-refractivity contribution in [2.24, 2.45) is 5.92 Å². The average molecular weight is 283 g/mol. The minimum Gasteiger partial charge on any atom is -0.480 e. The monoisotopic (exact) mass is 283 g/mol. The molecule has 2 rings (SSSR count). The fourth-order valence-electron chi connectivity index (χ4n) is 3.36. The van der Waals surface area contributed by atoms with Crippen LogP contribution in [0.5, 0.6) is 0 Å². The van der Waals surface area contributed by atoms with E-state index in [2.05, 4.69) is 29.5 Å². The fourth-order valence-corrected chi connectivity index (χ4v) is 3.36. The number of piperidine rings is 1. The Balaban J connectivity index is 1.90. The Morgan fingerprint density at radius 3 is 2.50 bits per heavy atom. The highest BCUT2D eigenvalue weighted by atomic mass is 16.4. The van der Waals surface area contributed by atoms with Crippen molar-refractivity contribution in [2.45, 2.75) is 50.6 Å². The summed E-state index contributed by atoms with van der Waals surface area (Å²) in [5.41, 5.74) is -1.06. The van der Waals surface area contributed by atoms with E-state index < -0.39 is 11.5 Å². The van der Waals surface area contributed by atoms with E-state index in [0.29, 0.717) is 18.8 Å². The van der Waals surface area contributed by atoms with Gasteiger partial charge in [-0.2, -0.15) is 0 Å². The zero-order valence-electron chi connectivity index (χ0n) is 12.3. The number of carboxylic acids is 1. The van der Waals surface area contributed by atoms with Gasteiger partial charge in [0, 0.05) is 12.6 Å². The Hall–Kier alpha value is -1.30. The Morgan fingerprint density at radius 2 is 1.95 bits per heavy atom. The highest BCUT2D eigenvalue weighted by Crippen LogP contribution is 2.29. The Bertz CT molecular complexity index is 380. The van der Waals surface area contributed by atoms with Crippen LogP contribution in [-0.2, 0) is 4.79 Å². The Labute approximate surface area is 119 Å². The number of amides is 2. The van der Waals surface area contributed by atoms with Crippen LogP contribution in [0.4, 0.5) is 4.79 Å². The maximum absolute atomic E-state index is 12.1. The van der Waals surface area contributed by atoms with E-state index in [-0.39, 0.29) is 12.1 Å². The topological polar surface area (TPSA) is 81.7 Å². The first-order chi connectivity index (χ1) is 9.43. The van der Waals surface area contributed by atoms with E-state index in [1.165, 1.54) is 0 Å². The maximum atomic E-state index is 12.1. The summed E-state index contributed by atoms with van der Waals surface area (Å²) >= 11 is 0. The van der Waals surface area contributed by atoms with Crippen molar-refractivity contribution in [1.29, 1.82) is 0 Å². The van der Waals surface area contributed by atoms with Crippen molar-refractivity contribution >= 4 is 12.0 Å². The van der Waals surface area contributed by atoms with Gasteiger partial charge in [-0.3, -0.25) is 0 Å². The summed E-state index contributed by atoms with van der Waals surface area (Å²) in [6.07, 6.45) is 3.68.